The summed E-state index contributed by atoms with van der Waals surface area (Å²) in [5.41, 5.74) is 5.07. The molecule has 0 aromatic carbocycles. The van der Waals surface area contributed by atoms with Crippen molar-refractivity contribution >= 4 is 20.0 Å². The largest absolute Gasteiger partial charge is 0.481 e. The maximum atomic E-state index is 11.9. The van der Waals surface area contributed by atoms with Crippen molar-refractivity contribution in [1.82, 2.24) is 49.9 Å². The van der Waals surface area contributed by atoms with Crippen LogP contribution in [0, 0.1) is 24.7 Å². The van der Waals surface area contributed by atoms with Crippen LogP contribution < -0.4 is 18.9 Å². The Kier molecular flexibility index (Phi) is 20.1. The molecule has 0 fully saturated rings. The van der Waals surface area contributed by atoms with E-state index in [4.69, 9.17) is 28.4 Å². The Morgan fingerprint density at radius 1 is 0.726 bits per heavy atom. The van der Waals surface area contributed by atoms with Crippen molar-refractivity contribution in [2.24, 2.45) is 10.8 Å². The Labute approximate surface area is 430 Å². The van der Waals surface area contributed by atoms with Crippen molar-refractivity contribution < 1.29 is 43.1 Å². The molecule has 394 valence electrons. The molecule has 0 bridgehead atoms. The monoisotopic (exact) mass is 1020 g/mol. The molecule has 6 aromatic rings. The molecular formula is C53H74N10O9Si. The van der Waals surface area contributed by atoms with E-state index in [-0.39, 0.29) is 38.1 Å². The number of nitrogens with one attached hydrogen (secondary N) is 1. The second kappa shape index (κ2) is 25.7. The highest BCUT2D eigenvalue weighted by Gasteiger charge is 2.30. The molecule has 19 nitrogen and oxygen atoms in total. The summed E-state index contributed by atoms with van der Waals surface area (Å²) in [5, 5.41) is 20.9. The van der Waals surface area contributed by atoms with Gasteiger partial charge in [0.15, 0.2) is 5.82 Å². The fourth-order valence-corrected chi connectivity index (χ4v) is 7.62. The van der Waals surface area contributed by atoms with Gasteiger partial charge >= 0.3 is 24.0 Å². The molecule has 0 radical (unpaired) electrons. The van der Waals surface area contributed by atoms with Crippen molar-refractivity contribution in [2.75, 3.05) is 26.9 Å². The molecule has 0 aliphatic carbocycles. The summed E-state index contributed by atoms with van der Waals surface area (Å²) in [6.07, 6.45) is 10.7. The van der Waals surface area contributed by atoms with Crippen molar-refractivity contribution in [1.29, 1.82) is 0 Å². The molecule has 0 aliphatic rings. The minimum atomic E-state index is -1.19. The number of aliphatic carboxylic acids is 1. The zero-order chi connectivity index (χ0) is 53.5. The summed E-state index contributed by atoms with van der Waals surface area (Å²) in [5.74, 6) is 0.602. The van der Waals surface area contributed by atoms with Crippen LogP contribution in [-0.4, -0.2) is 114 Å². The molecule has 20 heteroatoms. The number of carbonyl (C=O) groups is 2. The summed E-state index contributed by atoms with van der Waals surface area (Å²) in [6.45, 7) is 27.1. The molecule has 0 unspecified atom stereocenters. The standard InChI is InChI=1S/C30H45N5O5Si.C23H29N5O4/c1-10-23(11-2)40-29-33-27(34-35(29)20-38-14-15-41(7,8)9)25-13-12-22(17-31-25)24-18-32-26(16-21(24)3)39-19-30(4,5)28(36)37-6;1-6-16(7-2)32-22-26-20(27-28-22)18-9-8-15(11-24-18)17-12-25-19(10-14(17)3)31-13-23(4,5)21(29)30/h12-13,16-18,23H,10-11,14-15,19-20H2,1-9H3;8-12,16H,6-7,13H2,1-5H3,(H,29,30)(H,26,27,28). The van der Waals surface area contributed by atoms with Crippen molar-refractivity contribution in [3.63, 3.8) is 0 Å². The average molecular weight is 1020 g/mol. The smallest absolute Gasteiger partial charge is 0.336 e. The van der Waals surface area contributed by atoms with Crippen molar-refractivity contribution in [2.45, 2.75) is 140 Å². The van der Waals surface area contributed by atoms with Gasteiger partial charge in [0.05, 0.1) is 17.9 Å². The quantitative estimate of drug-likeness (QED) is 0.0308. The lowest BCUT2D eigenvalue weighted by molar-refractivity contribution is -0.152. The number of hydrogen-bond donors (Lipinski definition) is 2. The van der Waals surface area contributed by atoms with Crippen LogP contribution in [0.5, 0.6) is 23.8 Å². The number of H-pyrrole nitrogens is 1. The lowest BCUT2D eigenvalue weighted by Crippen LogP contribution is -2.32. The highest BCUT2D eigenvalue weighted by atomic mass is 28.3. The molecule has 2 N–H and O–H groups in total. The number of carboxylic acids is 1. The number of aromatic nitrogens is 10. The number of aromatic amines is 1. The highest BCUT2D eigenvalue weighted by Crippen LogP contribution is 2.30. The first-order valence-corrected chi connectivity index (χ1v) is 28.5. The third kappa shape index (κ3) is 16.4. The Morgan fingerprint density at radius 2 is 1.26 bits per heavy atom. The number of carboxylic acid groups (broad SMARTS) is 1. The van der Waals surface area contributed by atoms with Gasteiger partial charge in [-0.1, -0.05) is 59.5 Å². The van der Waals surface area contributed by atoms with E-state index in [1.165, 1.54) is 7.11 Å². The first kappa shape index (κ1) is 57.1. The summed E-state index contributed by atoms with van der Waals surface area (Å²) >= 11 is 0. The molecule has 0 amide bonds. The summed E-state index contributed by atoms with van der Waals surface area (Å²) < 4.78 is 35.8. The number of pyridine rings is 4. The SMILES string of the molecule is CCC(CC)Oc1n[nH]c(-c2ccc(-c3cnc(OCC(C)(C)C(=O)O)cc3C)cn2)n1.CCC(CC)Oc1nc(-c2ccc(-c3cnc(OCC(C)(C)C(=O)OC)cc3C)cn2)nn1COCC[Si](C)(C)C. The number of hydrogen-bond acceptors (Lipinski definition) is 16. The maximum absolute atomic E-state index is 11.9. The van der Waals surface area contributed by atoms with E-state index in [9.17, 15) is 14.7 Å². The second-order valence-electron chi connectivity index (χ2n) is 20.3. The molecular weight excluding hydrogens is 949 g/mol. The lowest BCUT2D eigenvalue weighted by Gasteiger charge is -2.21. The Bertz CT molecular complexity index is 2710. The van der Waals surface area contributed by atoms with Crippen LogP contribution in [-0.2, 0) is 25.8 Å². The van der Waals surface area contributed by atoms with Crippen LogP contribution >= 0.6 is 0 Å². The number of aryl methyl sites for hydroxylation is 2. The first-order valence-electron chi connectivity index (χ1n) is 24.8. The average Bonchev–Trinajstić information content (AvgIpc) is 4.01. The Balaban J connectivity index is 0.000000279. The van der Waals surface area contributed by atoms with Crippen LogP contribution in [0.2, 0.25) is 25.7 Å². The lowest BCUT2D eigenvalue weighted by atomic mass is 9.95. The summed E-state index contributed by atoms with van der Waals surface area (Å²) in [4.78, 5) is 50.1. The summed E-state index contributed by atoms with van der Waals surface area (Å²) in [7, 11) is 0.176. The summed E-state index contributed by atoms with van der Waals surface area (Å²) in [6, 6.07) is 13.1. The van der Waals surface area contributed by atoms with Gasteiger partial charge in [0.1, 0.15) is 43.5 Å². The third-order valence-corrected chi connectivity index (χ3v) is 13.7. The predicted octanol–water partition coefficient (Wildman–Crippen LogP) is 10.5. The van der Waals surface area contributed by atoms with Crippen LogP contribution in [0.4, 0.5) is 0 Å². The topological polar surface area (TPSA) is 234 Å². The van der Waals surface area contributed by atoms with Crippen LogP contribution in [0.15, 0.2) is 61.2 Å². The van der Waals surface area contributed by atoms with Crippen molar-refractivity contribution in [3.8, 4) is 69.1 Å². The van der Waals surface area contributed by atoms with Gasteiger partial charge in [-0.25, -0.2) is 9.97 Å². The molecule has 73 heavy (non-hydrogen) atoms. The molecule has 0 saturated heterocycles. The number of carbonyl (C=O) groups excluding carboxylic acids is 1. The fourth-order valence-electron chi connectivity index (χ4n) is 6.87. The first-order chi connectivity index (χ1) is 34.6. The van der Waals surface area contributed by atoms with Gasteiger partial charge in [0.2, 0.25) is 17.6 Å². The van der Waals surface area contributed by atoms with Gasteiger partial charge in [-0.2, -0.15) is 14.6 Å². The molecule has 0 atom stereocenters. The molecule has 0 saturated carbocycles. The third-order valence-electron chi connectivity index (χ3n) is 11.9. The Hall–Kier alpha value is -6.80. The fraction of sp³-hybridized carbons (Fsp3) is 0.509. The number of nitrogens with zero attached hydrogens (tertiary/aromatic N) is 9. The van der Waals surface area contributed by atoms with Gasteiger partial charge < -0.3 is 33.5 Å². The second-order valence-corrected chi connectivity index (χ2v) is 25.9. The van der Waals surface area contributed by atoms with Gasteiger partial charge in [-0.3, -0.25) is 24.7 Å². The molecule has 0 aliphatic heterocycles. The van der Waals surface area contributed by atoms with E-state index < -0.39 is 24.9 Å². The van der Waals surface area contributed by atoms with E-state index in [1.54, 1.807) is 63.2 Å². The zero-order valence-corrected chi connectivity index (χ0v) is 46.0. The maximum Gasteiger partial charge on any atom is 0.336 e. The van der Waals surface area contributed by atoms with Crippen LogP contribution in [0.3, 0.4) is 0 Å². The van der Waals surface area contributed by atoms with Gasteiger partial charge in [-0.15, -0.1) is 10.2 Å². The minimum absolute atomic E-state index is 0.0323. The number of methoxy groups -OCH3 is 1. The van der Waals surface area contributed by atoms with E-state index in [2.05, 4.69) is 92.5 Å². The van der Waals surface area contributed by atoms with E-state index in [1.807, 2.05) is 44.2 Å². The predicted molar refractivity (Wildman–Crippen MR) is 281 cm³/mol. The van der Waals surface area contributed by atoms with Gasteiger partial charge in [0, 0.05) is 73.9 Å². The van der Waals surface area contributed by atoms with Crippen molar-refractivity contribution in [3.05, 3.63) is 72.3 Å². The van der Waals surface area contributed by atoms with E-state index >= 15 is 0 Å². The number of ether oxygens (including phenoxy) is 6. The molecule has 6 heterocycles. The van der Waals surface area contributed by atoms with Gasteiger partial charge in [-0.05, 0) is 96.5 Å². The minimum Gasteiger partial charge on any atom is -0.481 e. The molecule has 0 spiro atoms. The van der Waals surface area contributed by atoms with Crippen LogP contribution in [0.25, 0.3) is 45.3 Å². The Morgan fingerprint density at radius 3 is 1.74 bits per heavy atom. The number of rotatable bonds is 25. The van der Waals surface area contributed by atoms with Gasteiger partial charge in [0.25, 0.3) is 0 Å². The van der Waals surface area contributed by atoms with Crippen LogP contribution in [0.1, 0.15) is 92.2 Å². The molecule has 6 aromatic heterocycles. The normalized spacial score (nSPS) is 11.8. The molecule has 6 rings (SSSR count). The highest BCUT2D eigenvalue weighted by molar-refractivity contribution is 6.76. The number of esters is 1. The van der Waals surface area contributed by atoms with E-state index in [0.717, 1.165) is 65.1 Å². The van der Waals surface area contributed by atoms with E-state index in [0.29, 0.717) is 53.4 Å². The zero-order valence-electron chi connectivity index (χ0n) is 45.0.